The van der Waals surface area contributed by atoms with Gasteiger partial charge in [0.1, 0.15) is 38.7 Å². The van der Waals surface area contributed by atoms with Gasteiger partial charge in [-0.05, 0) is 202 Å². The van der Waals surface area contributed by atoms with Gasteiger partial charge >= 0.3 is 0 Å². The normalized spacial score (nSPS) is 15.6. The van der Waals surface area contributed by atoms with Crippen LogP contribution in [0.15, 0.2) is 213 Å². The molecule has 0 heterocycles. The molecule has 0 aromatic heterocycles. The molecule has 13 atom stereocenters. The maximum atomic E-state index is 7.46. The largest absolute Gasteiger partial charge is 0.124 e. The average Bonchev–Trinajstić information content (AvgIpc) is 0.764. The lowest BCUT2D eigenvalue weighted by atomic mass is 9.65. The molecule has 0 nitrogen and oxygen atoms in total. The summed E-state index contributed by atoms with van der Waals surface area (Å²) in [5.41, 5.74) is 18.6. The number of halogens is 24. The number of rotatable bonds is 46. The molecule has 0 bridgehead atoms. The van der Waals surface area contributed by atoms with E-state index in [2.05, 4.69) is 208 Å². The minimum atomic E-state index is -1.20. The third-order valence-corrected chi connectivity index (χ3v) is 30.0. The zero-order valence-corrected chi connectivity index (χ0v) is 80.6. The standard InChI is InChI=1S/C72H75Cl7.C18H19Cl17/c1-2-51-8-10-52(11-9-51)19-41-67(46-68(47-72(79)66-39-24-58(50-75)25-40-66)62-33-17-55(18-34-62)27-44-70(77)64-35-20-56(48-73)21-36-64)61-31-15-53(16-32-61)12-30-60(42-45-71(78)65-37-22-57(49-74)23-38-65)59-28-13-54(14-29-59)26-43-69(76)63-6-4-3-5-7-63;1-2-3(5(12(22)23)8(14(26)27)15(28)29)4(11(20)21)6(9(16(30)31)17(32)33)7(13(24)25)10(19)18(34)35/h3-11,13-18,20-25,28-29,31-40,60,67-72H,2,12,19,26-27,30,41-50H2,1H3;2-18H,1H2. The molecule has 8 rings (SSSR count). The second-order valence-corrected chi connectivity index (χ2v) is 41.7. The second kappa shape index (κ2) is 53.1. The van der Waals surface area contributed by atoms with Crippen LogP contribution < -0.4 is 0 Å². The van der Waals surface area contributed by atoms with E-state index in [0.29, 0.717) is 29.5 Å². The van der Waals surface area contributed by atoms with Crippen molar-refractivity contribution >= 4 is 278 Å². The van der Waals surface area contributed by atoms with Crippen molar-refractivity contribution in [1.29, 1.82) is 0 Å². The quantitative estimate of drug-likeness (QED) is 0.0263. The molecule has 0 spiro atoms. The van der Waals surface area contributed by atoms with Crippen LogP contribution in [0.25, 0.3) is 0 Å². The SMILES string of the molecule is C=CC(C(C(Cl)Cl)C(C(Cl)Cl)C(Cl)Cl)C(C(Cl)Cl)C(C(C(Cl)Cl)C(Cl)Cl)C(C(Cl)Cl)C(Cl)C(Cl)Cl.CCc1ccc(CCC(CC(CC(Cl)c2ccc(CCl)cc2)c2ccc(CCC(Cl)c3ccc(CCl)cc3)cc2)c2ccc(CCC(CCC(Cl)c3ccc(CCl)cc3)c3ccc(CCC(Cl)c4ccccc4)cc3)cc2)cc1. The van der Waals surface area contributed by atoms with E-state index in [4.69, 9.17) is 278 Å². The van der Waals surface area contributed by atoms with E-state index in [9.17, 15) is 0 Å². The Morgan fingerprint density at radius 3 is 0.895 bits per heavy atom. The summed E-state index contributed by atoms with van der Waals surface area (Å²) in [4.78, 5) is -9.24. The summed E-state index contributed by atoms with van der Waals surface area (Å²) in [6.45, 7) is 6.11. The summed E-state index contributed by atoms with van der Waals surface area (Å²) in [6, 6.07) is 73.1. The molecule has 0 saturated carbocycles. The van der Waals surface area contributed by atoms with Crippen molar-refractivity contribution in [1.82, 2.24) is 0 Å². The topological polar surface area (TPSA) is 0 Å². The Kier molecular flexibility index (Phi) is 47.3. The van der Waals surface area contributed by atoms with Gasteiger partial charge in [0, 0.05) is 41.3 Å². The number of aryl methyl sites for hydroxylation is 5. The molecule has 0 aliphatic carbocycles. The monoisotopic (exact) mass is 2010 g/mol. The summed E-state index contributed by atoms with van der Waals surface area (Å²) in [5.74, 6) is -4.01. The van der Waals surface area contributed by atoms with Gasteiger partial charge in [-0.1, -0.05) is 213 Å². The fraction of sp³-hybridized carbons (Fsp3) is 0.444. The lowest BCUT2D eigenvalue weighted by Gasteiger charge is -2.48. The summed E-state index contributed by atoms with van der Waals surface area (Å²) in [7, 11) is 0. The first kappa shape index (κ1) is 102. The number of benzene rings is 8. The Morgan fingerprint density at radius 1 is 0.246 bits per heavy atom. The Bertz CT molecular complexity index is 3940. The zero-order valence-electron chi connectivity index (χ0n) is 62.5. The minimum absolute atomic E-state index is 0.0116. The number of allylic oxidation sites excluding steroid dienone is 1. The van der Waals surface area contributed by atoms with Crippen LogP contribution >= 0.6 is 278 Å². The molecule has 0 saturated heterocycles. The Morgan fingerprint density at radius 2 is 0.535 bits per heavy atom. The lowest BCUT2D eigenvalue weighted by molar-refractivity contribution is 0.0994. The highest BCUT2D eigenvalue weighted by Gasteiger charge is 2.54. The smallest absolute Gasteiger partial charge is 0.122 e. The summed E-state index contributed by atoms with van der Waals surface area (Å²) >= 11 is 154. The van der Waals surface area contributed by atoms with Gasteiger partial charge in [-0.25, -0.2) is 0 Å². The van der Waals surface area contributed by atoms with E-state index >= 15 is 0 Å². The Labute approximate surface area is 798 Å². The van der Waals surface area contributed by atoms with Crippen LogP contribution in [0.5, 0.6) is 0 Å². The van der Waals surface area contributed by atoms with Gasteiger partial charge in [-0.2, -0.15) is 0 Å². The predicted molar refractivity (Wildman–Crippen MR) is 512 cm³/mol. The van der Waals surface area contributed by atoms with Crippen molar-refractivity contribution in [3.05, 3.63) is 296 Å². The number of hydrogen-bond donors (Lipinski definition) is 0. The van der Waals surface area contributed by atoms with Crippen LogP contribution in [-0.4, -0.2) is 44.1 Å². The first-order valence-electron chi connectivity index (χ1n) is 37.9. The van der Waals surface area contributed by atoms with Crippen LogP contribution in [0.4, 0.5) is 0 Å². The van der Waals surface area contributed by atoms with Gasteiger partial charge in [-0.15, -0.1) is 285 Å². The lowest BCUT2D eigenvalue weighted by Crippen LogP contribution is -2.51. The maximum absolute atomic E-state index is 7.46. The van der Waals surface area contributed by atoms with Crippen molar-refractivity contribution in [2.75, 3.05) is 0 Å². The van der Waals surface area contributed by atoms with Crippen molar-refractivity contribution < 1.29 is 0 Å². The van der Waals surface area contributed by atoms with Gasteiger partial charge in [-0.3, -0.25) is 0 Å². The fourth-order valence-corrected chi connectivity index (χ4v) is 22.7. The molecule has 0 fully saturated rings. The van der Waals surface area contributed by atoms with Crippen molar-refractivity contribution in [3.8, 4) is 0 Å². The van der Waals surface area contributed by atoms with Crippen molar-refractivity contribution in [3.63, 3.8) is 0 Å². The van der Waals surface area contributed by atoms with Gasteiger partial charge in [0.25, 0.3) is 0 Å². The Hall–Kier alpha value is 0.460. The van der Waals surface area contributed by atoms with Gasteiger partial charge < -0.3 is 0 Å². The Balaban J connectivity index is 0.000000433. The van der Waals surface area contributed by atoms with Crippen LogP contribution in [0.2, 0.25) is 0 Å². The zero-order chi connectivity index (χ0) is 83.3. The number of hydrogen-bond acceptors (Lipinski definition) is 0. The maximum Gasteiger partial charge on any atom is 0.124 e. The van der Waals surface area contributed by atoms with Crippen LogP contribution in [-0.2, 0) is 49.7 Å². The predicted octanol–water partition coefficient (Wildman–Crippen LogP) is 35.6. The van der Waals surface area contributed by atoms with E-state index in [0.717, 1.165) is 117 Å². The molecule has 114 heavy (non-hydrogen) atoms. The van der Waals surface area contributed by atoms with Crippen LogP contribution in [0.1, 0.15) is 181 Å². The van der Waals surface area contributed by atoms with Crippen LogP contribution in [0.3, 0.4) is 0 Å². The van der Waals surface area contributed by atoms with Crippen LogP contribution in [0, 0.1) is 41.4 Å². The summed E-state index contributed by atoms with van der Waals surface area (Å²) in [5, 5.41) is -1.38. The van der Waals surface area contributed by atoms with E-state index in [1.807, 2.05) is 6.07 Å². The van der Waals surface area contributed by atoms with Gasteiger partial charge in [0.15, 0.2) is 0 Å². The molecule has 0 radical (unpaired) electrons. The van der Waals surface area contributed by atoms with E-state index in [-0.39, 0.29) is 27.4 Å². The van der Waals surface area contributed by atoms with E-state index in [1.165, 1.54) is 56.1 Å². The fourth-order valence-electron chi connectivity index (χ4n) is 15.1. The number of alkyl halides is 24. The molecule has 8 aromatic rings. The molecular weight excluding hydrogens is 1930 g/mol. The highest BCUT2D eigenvalue weighted by atomic mass is 35.6. The molecule has 24 heteroatoms. The molecule has 0 N–H and O–H groups in total. The average molecular weight is 2030 g/mol. The van der Waals surface area contributed by atoms with E-state index in [1.54, 1.807) is 0 Å². The molecule has 0 amide bonds. The highest BCUT2D eigenvalue weighted by molar-refractivity contribution is 6.51. The van der Waals surface area contributed by atoms with Crippen molar-refractivity contribution in [2.45, 2.75) is 191 Å². The molecule has 622 valence electrons. The molecule has 13 unspecified atom stereocenters. The van der Waals surface area contributed by atoms with Crippen molar-refractivity contribution in [2.24, 2.45) is 41.4 Å². The van der Waals surface area contributed by atoms with Gasteiger partial charge in [0.2, 0.25) is 0 Å². The third kappa shape index (κ3) is 31.8. The summed E-state index contributed by atoms with van der Waals surface area (Å²) in [6.07, 6.45) is 13.8. The minimum Gasteiger partial charge on any atom is -0.122 e. The van der Waals surface area contributed by atoms with E-state index < -0.39 is 85.5 Å². The first-order chi connectivity index (χ1) is 54.5. The highest BCUT2D eigenvalue weighted by Crippen LogP contribution is 2.55. The third-order valence-electron chi connectivity index (χ3n) is 21.8. The molecule has 0 aliphatic rings. The van der Waals surface area contributed by atoms with Gasteiger partial charge in [0.05, 0.1) is 26.9 Å². The molecular formula is C90H94Cl24. The summed E-state index contributed by atoms with van der Waals surface area (Å²) < 4.78 is 0. The molecule has 0 aliphatic heterocycles. The molecule has 8 aromatic carbocycles. The first-order valence-corrected chi connectivity index (χ1v) is 48.7. The second-order valence-electron chi connectivity index (χ2n) is 29.0.